The second-order valence-electron chi connectivity index (χ2n) is 1.79. The van der Waals surface area contributed by atoms with Gasteiger partial charge >= 0.3 is 0 Å². The van der Waals surface area contributed by atoms with Gasteiger partial charge in [0.1, 0.15) is 0 Å². The lowest BCUT2D eigenvalue weighted by atomic mass is 10.3. The number of dihydropyridines is 1. The molecule has 1 heterocycles. The third kappa shape index (κ3) is 1.51. The zero-order chi connectivity index (χ0) is 7.40. The van der Waals surface area contributed by atoms with Crippen molar-refractivity contribution in [3.8, 4) is 0 Å². The van der Waals surface area contributed by atoms with Crippen molar-refractivity contribution in [2.75, 3.05) is 14.2 Å². The van der Waals surface area contributed by atoms with E-state index in [0.29, 0.717) is 12.1 Å². The van der Waals surface area contributed by atoms with Crippen LogP contribution in [-0.4, -0.2) is 14.2 Å². The van der Waals surface area contributed by atoms with Crippen LogP contribution in [-0.2, 0) is 9.47 Å². The molecule has 0 spiro atoms. The normalized spacial score (nSPS) is 18.0. The fourth-order valence-corrected chi connectivity index (χ4v) is 0.666. The quantitative estimate of drug-likeness (QED) is 0.614. The smallest absolute Gasteiger partial charge is 0.213 e. The van der Waals surface area contributed by atoms with Gasteiger partial charge in [0.25, 0.3) is 0 Å². The van der Waals surface area contributed by atoms with Crippen LogP contribution in [0.1, 0.15) is 0 Å². The Morgan fingerprint density at radius 2 is 2.10 bits per heavy atom. The molecule has 0 aromatic carbocycles. The Labute approximate surface area is 60.3 Å². The molecule has 1 aliphatic heterocycles. The van der Waals surface area contributed by atoms with E-state index in [0.717, 1.165) is 0 Å². The minimum absolute atomic E-state index is 0.694. The van der Waals surface area contributed by atoms with Crippen LogP contribution in [0.5, 0.6) is 0 Å². The lowest BCUT2D eigenvalue weighted by Gasteiger charge is -2.16. The topological polar surface area (TPSA) is 30.5 Å². The molecule has 0 aromatic heterocycles. The van der Waals surface area contributed by atoms with Gasteiger partial charge in [0.2, 0.25) is 6.23 Å². The van der Waals surface area contributed by atoms with Crippen molar-refractivity contribution >= 4 is 0 Å². The predicted molar refractivity (Wildman–Crippen MR) is 37.6 cm³/mol. The Morgan fingerprint density at radius 3 is 2.70 bits per heavy atom. The molecule has 55 valence electrons. The highest BCUT2D eigenvalue weighted by atomic mass is 16.5. The van der Waals surface area contributed by atoms with Crippen molar-refractivity contribution < 1.29 is 9.47 Å². The summed E-state index contributed by atoms with van der Waals surface area (Å²) in [5, 5.41) is 2.90. The van der Waals surface area contributed by atoms with Crippen LogP contribution in [0.3, 0.4) is 0 Å². The first-order valence-electron chi connectivity index (χ1n) is 2.97. The van der Waals surface area contributed by atoms with Gasteiger partial charge in [-0.15, -0.1) is 0 Å². The molecule has 1 radical (unpaired) electrons. The maximum atomic E-state index is 4.92. The average molecular weight is 140 g/mol. The van der Waals surface area contributed by atoms with Crippen LogP contribution in [0, 0.1) is 6.23 Å². The summed E-state index contributed by atoms with van der Waals surface area (Å²) in [4.78, 5) is 0. The Kier molecular flexibility index (Phi) is 2.34. The number of hydrogen-bond donors (Lipinski definition) is 1. The molecule has 10 heavy (non-hydrogen) atoms. The fraction of sp³-hybridized carbons (Fsp3) is 0.286. The lowest BCUT2D eigenvalue weighted by Crippen LogP contribution is -2.23. The van der Waals surface area contributed by atoms with Crippen LogP contribution in [0.2, 0.25) is 0 Å². The molecule has 1 aliphatic rings. The highest BCUT2D eigenvalue weighted by Gasteiger charge is 2.08. The van der Waals surface area contributed by atoms with E-state index in [2.05, 4.69) is 5.32 Å². The summed E-state index contributed by atoms with van der Waals surface area (Å²) in [7, 11) is 3.20. The molecule has 3 nitrogen and oxygen atoms in total. The summed E-state index contributed by atoms with van der Waals surface area (Å²) in [6.45, 7) is 0. The molecule has 0 bridgehead atoms. The Bertz CT molecular complexity index is 163. The summed E-state index contributed by atoms with van der Waals surface area (Å²) in [6.07, 6.45) is 6.19. The van der Waals surface area contributed by atoms with Crippen LogP contribution in [0.4, 0.5) is 0 Å². The molecule has 0 saturated carbocycles. The van der Waals surface area contributed by atoms with Gasteiger partial charge in [0.05, 0.1) is 7.11 Å². The summed E-state index contributed by atoms with van der Waals surface area (Å²) in [6, 6.07) is 0. The number of rotatable bonds is 2. The standard InChI is InChI=1S/C7H10NO2/c1-9-6-4-3-5-7(8-6)10-2/h3-5,8H,1-2H3. The highest BCUT2D eigenvalue weighted by molar-refractivity contribution is 5.20. The largest absolute Gasteiger partial charge is 0.482 e. The van der Waals surface area contributed by atoms with E-state index in [-0.39, 0.29) is 0 Å². The molecule has 0 aromatic rings. The summed E-state index contributed by atoms with van der Waals surface area (Å²) in [5.41, 5.74) is 0. The third-order valence-electron chi connectivity index (χ3n) is 1.18. The van der Waals surface area contributed by atoms with Crippen LogP contribution < -0.4 is 5.32 Å². The molecule has 0 fully saturated rings. The van der Waals surface area contributed by atoms with E-state index >= 15 is 0 Å². The number of methoxy groups -OCH3 is 2. The molecule has 0 aliphatic carbocycles. The zero-order valence-corrected chi connectivity index (χ0v) is 6.05. The van der Waals surface area contributed by atoms with Gasteiger partial charge in [0, 0.05) is 7.11 Å². The van der Waals surface area contributed by atoms with Gasteiger partial charge in [0.15, 0.2) is 5.88 Å². The molecule has 1 rings (SSSR count). The Morgan fingerprint density at radius 1 is 1.30 bits per heavy atom. The van der Waals surface area contributed by atoms with E-state index < -0.39 is 0 Å². The van der Waals surface area contributed by atoms with E-state index in [4.69, 9.17) is 9.47 Å². The number of allylic oxidation sites excluding steroid dienone is 2. The first kappa shape index (κ1) is 7.15. The van der Waals surface area contributed by atoms with Crippen molar-refractivity contribution in [3.05, 3.63) is 30.3 Å². The van der Waals surface area contributed by atoms with Crippen molar-refractivity contribution in [1.82, 2.24) is 5.32 Å². The average Bonchev–Trinajstić information content (AvgIpc) is 2.05. The van der Waals surface area contributed by atoms with Crippen molar-refractivity contribution in [1.29, 1.82) is 0 Å². The molecule has 3 heteroatoms. The van der Waals surface area contributed by atoms with Crippen LogP contribution >= 0.6 is 0 Å². The maximum absolute atomic E-state index is 4.92. The van der Waals surface area contributed by atoms with Gasteiger partial charge in [-0.2, -0.15) is 0 Å². The second kappa shape index (κ2) is 3.27. The Hall–Kier alpha value is -0.960. The van der Waals surface area contributed by atoms with Gasteiger partial charge in [-0.25, -0.2) is 0 Å². The van der Waals surface area contributed by atoms with Gasteiger partial charge < -0.3 is 14.8 Å². The minimum Gasteiger partial charge on any atom is -0.482 e. The first-order chi connectivity index (χ1) is 4.86. The van der Waals surface area contributed by atoms with Gasteiger partial charge in [-0.1, -0.05) is 6.08 Å². The summed E-state index contributed by atoms with van der Waals surface area (Å²) < 4.78 is 9.84. The zero-order valence-electron chi connectivity index (χ0n) is 6.05. The lowest BCUT2D eigenvalue weighted by molar-refractivity contribution is 0.174. The summed E-state index contributed by atoms with van der Waals surface area (Å²) >= 11 is 0. The monoisotopic (exact) mass is 140 g/mol. The van der Waals surface area contributed by atoms with Gasteiger partial charge in [-0.05, 0) is 12.2 Å². The molecule has 0 unspecified atom stereocenters. The van der Waals surface area contributed by atoms with Crippen molar-refractivity contribution in [2.45, 2.75) is 0 Å². The predicted octanol–water partition coefficient (Wildman–Crippen LogP) is 0.769. The van der Waals surface area contributed by atoms with Crippen molar-refractivity contribution in [2.24, 2.45) is 0 Å². The fourth-order valence-electron chi connectivity index (χ4n) is 0.666. The number of ether oxygens (including phenoxy) is 2. The van der Waals surface area contributed by atoms with E-state index in [1.165, 1.54) is 0 Å². The van der Waals surface area contributed by atoms with E-state index in [9.17, 15) is 0 Å². The minimum atomic E-state index is 0.694. The molecular weight excluding hydrogens is 130 g/mol. The maximum Gasteiger partial charge on any atom is 0.213 e. The second-order valence-corrected chi connectivity index (χ2v) is 1.79. The SMILES string of the molecule is CO[C]1C=CC=C(OC)N1. The molecule has 0 saturated heterocycles. The van der Waals surface area contributed by atoms with E-state index in [1.807, 2.05) is 18.2 Å². The molecule has 1 N–H and O–H groups in total. The van der Waals surface area contributed by atoms with Crippen LogP contribution in [0.25, 0.3) is 0 Å². The van der Waals surface area contributed by atoms with Gasteiger partial charge in [-0.3, -0.25) is 0 Å². The molecule has 0 amide bonds. The first-order valence-corrected chi connectivity index (χ1v) is 2.97. The number of nitrogens with one attached hydrogen (secondary N) is 1. The highest BCUT2D eigenvalue weighted by Crippen LogP contribution is 2.07. The van der Waals surface area contributed by atoms with E-state index in [1.54, 1.807) is 14.2 Å². The third-order valence-corrected chi connectivity index (χ3v) is 1.18. The van der Waals surface area contributed by atoms with Crippen LogP contribution in [0.15, 0.2) is 24.1 Å². The molecule has 0 atom stereocenters. The van der Waals surface area contributed by atoms with Crippen molar-refractivity contribution in [3.63, 3.8) is 0 Å². The summed E-state index contributed by atoms with van der Waals surface area (Å²) in [5.74, 6) is 0.694. The Balaban J connectivity index is 2.50. The molecular formula is C7H10NO2. The number of hydrogen-bond acceptors (Lipinski definition) is 3.